The van der Waals surface area contributed by atoms with E-state index >= 15 is 0 Å². The number of aromatic nitrogens is 3. The molecule has 1 N–H and O–H groups in total. The van der Waals surface area contributed by atoms with E-state index in [-0.39, 0.29) is 5.56 Å². The van der Waals surface area contributed by atoms with Gasteiger partial charge in [0.15, 0.2) is 0 Å². The summed E-state index contributed by atoms with van der Waals surface area (Å²) in [5.74, 6) is 1.77. The molecule has 0 spiro atoms. The van der Waals surface area contributed by atoms with Crippen LogP contribution < -0.4 is 10.5 Å². The Kier molecular flexibility index (Phi) is 4.94. The maximum Gasteiger partial charge on any atom is 0.255 e. The summed E-state index contributed by atoms with van der Waals surface area (Å²) in [7, 11) is 3.96. The molecule has 0 radical (unpaired) electrons. The molecule has 2 aromatic heterocycles. The van der Waals surface area contributed by atoms with Gasteiger partial charge in [0.05, 0.1) is 11.3 Å². The highest BCUT2D eigenvalue weighted by Crippen LogP contribution is 2.17. The van der Waals surface area contributed by atoms with Crippen molar-refractivity contribution in [3.05, 3.63) is 51.3 Å². The van der Waals surface area contributed by atoms with Crippen LogP contribution in [0.15, 0.2) is 23.1 Å². The van der Waals surface area contributed by atoms with Gasteiger partial charge in [-0.1, -0.05) is 13.0 Å². The second-order valence-electron chi connectivity index (χ2n) is 6.57. The largest absolute Gasteiger partial charge is 0.363 e. The van der Waals surface area contributed by atoms with E-state index in [2.05, 4.69) is 32.8 Å². The number of hydrogen-bond acceptors (Lipinski definition) is 5. The lowest BCUT2D eigenvalue weighted by Crippen LogP contribution is -2.35. The van der Waals surface area contributed by atoms with E-state index < -0.39 is 0 Å². The van der Waals surface area contributed by atoms with E-state index in [9.17, 15) is 4.79 Å². The van der Waals surface area contributed by atoms with Crippen molar-refractivity contribution in [2.75, 3.05) is 25.5 Å². The number of pyridine rings is 1. The Morgan fingerprint density at radius 1 is 1.33 bits per heavy atom. The zero-order chi connectivity index (χ0) is 17.1. The summed E-state index contributed by atoms with van der Waals surface area (Å²) >= 11 is 0. The third kappa shape index (κ3) is 3.64. The SMILES string of the molecule is CCCc1nc2c(c(=O)[nH]1)CN(Cc1ccc(N(C)C)nc1)CC2. The van der Waals surface area contributed by atoms with Crippen LogP contribution in [0.25, 0.3) is 0 Å². The molecule has 0 saturated heterocycles. The lowest BCUT2D eigenvalue weighted by molar-refractivity contribution is 0.241. The van der Waals surface area contributed by atoms with Crippen LogP contribution in [0.5, 0.6) is 0 Å². The van der Waals surface area contributed by atoms with Gasteiger partial charge in [-0.3, -0.25) is 9.69 Å². The lowest BCUT2D eigenvalue weighted by atomic mass is 10.1. The van der Waals surface area contributed by atoms with Crippen LogP contribution in [0, 0.1) is 0 Å². The maximum atomic E-state index is 12.3. The van der Waals surface area contributed by atoms with Crippen LogP contribution in [0.1, 0.15) is 36.0 Å². The highest BCUT2D eigenvalue weighted by Gasteiger charge is 2.21. The van der Waals surface area contributed by atoms with E-state index in [0.29, 0.717) is 6.54 Å². The van der Waals surface area contributed by atoms with Crippen molar-refractivity contribution in [1.29, 1.82) is 0 Å². The van der Waals surface area contributed by atoms with Crippen molar-refractivity contribution in [2.24, 2.45) is 0 Å². The monoisotopic (exact) mass is 327 g/mol. The number of nitrogens with one attached hydrogen (secondary N) is 1. The first-order valence-electron chi connectivity index (χ1n) is 8.52. The number of anilines is 1. The van der Waals surface area contributed by atoms with Crippen molar-refractivity contribution in [1.82, 2.24) is 19.9 Å². The molecule has 1 aliphatic heterocycles. The predicted octanol–water partition coefficient (Wildman–Crippen LogP) is 1.74. The van der Waals surface area contributed by atoms with E-state index in [0.717, 1.165) is 60.8 Å². The molecular formula is C18H25N5O. The van der Waals surface area contributed by atoms with E-state index in [1.54, 1.807) is 0 Å². The normalized spacial score (nSPS) is 14.5. The van der Waals surface area contributed by atoms with Gasteiger partial charge in [-0.15, -0.1) is 0 Å². The predicted molar refractivity (Wildman–Crippen MR) is 95.2 cm³/mol. The molecule has 0 amide bonds. The Balaban J connectivity index is 1.72. The highest BCUT2D eigenvalue weighted by atomic mass is 16.1. The summed E-state index contributed by atoms with van der Waals surface area (Å²) in [6.45, 7) is 4.47. The number of fused-ring (bicyclic) bond motifs is 1. The van der Waals surface area contributed by atoms with Gasteiger partial charge in [0, 0.05) is 52.8 Å². The molecule has 6 heteroatoms. The summed E-state index contributed by atoms with van der Waals surface area (Å²) in [6, 6.07) is 4.13. The Labute approximate surface area is 142 Å². The van der Waals surface area contributed by atoms with Crippen molar-refractivity contribution in [2.45, 2.75) is 39.3 Å². The lowest BCUT2D eigenvalue weighted by Gasteiger charge is -2.27. The third-order valence-corrected chi connectivity index (χ3v) is 4.36. The van der Waals surface area contributed by atoms with E-state index in [1.165, 1.54) is 0 Å². The number of nitrogens with zero attached hydrogens (tertiary/aromatic N) is 4. The smallest absolute Gasteiger partial charge is 0.255 e. The standard InChI is InChI=1S/C18H25N5O/c1-4-5-16-20-15-8-9-23(12-14(15)18(24)21-16)11-13-6-7-17(19-10-13)22(2)3/h6-7,10H,4-5,8-9,11-12H2,1-3H3,(H,20,21,24). The first-order chi connectivity index (χ1) is 11.6. The minimum atomic E-state index is 0.0224. The average molecular weight is 327 g/mol. The van der Waals surface area contributed by atoms with Crippen LogP contribution in [-0.4, -0.2) is 40.5 Å². The summed E-state index contributed by atoms with van der Waals surface area (Å²) in [5.41, 5.74) is 2.98. The van der Waals surface area contributed by atoms with Crippen LogP contribution in [0.2, 0.25) is 0 Å². The Morgan fingerprint density at radius 2 is 2.17 bits per heavy atom. The van der Waals surface area contributed by atoms with Crippen LogP contribution in [0.3, 0.4) is 0 Å². The van der Waals surface area contributed by atoms with Crippen molar-refractivity contribution in [3.63, 3.8) is 0 Å². The number of aryl methyl sites for hydroxylation is 1. The van der Waals surface area contributed by atoms with Gasteiger partial charge in [-0.25, -0.2) is 9.97 Å². The molecule has 24 heavy (non-hydrogen) atoms. The van der Waals surface area contributed by atoms with Gasteiger partial charge < -0.3 is 9.88 Å². The average Bonchev–Trinajstić information content (AvgIpc) is 2.56. The van der Waals surface area contributed by atoms with Gasteiger partial charge in [-0.2, -0.15) is 0 Å². The van der Waals surface area contributed by atoms with Gasteiger partial charge in [-0.05, 0) is 18.1 Å². The van der Waals surface area contributed by atoms with Crippen LogP contribution in [-0.2, 0) is 25.9 Å². The van der Waals surface area contributed by atoms with E-state index in [4.69, 9.17) is 0 Å². The molecule has 1 aliphatic rings. The molecule has 3 rings (SSSR count). The molecular weight excluding hydrogens is 302 g/mol. The Hall–Kier alpha value is -2.21. The second-order valence-corrected chi connectivity index (χ2v) is 6.57. The zero-order valence-electron chi connectivity index (χ0n) is 14.7. The summed E-state index contributed by atoms with van der Waals surface area (Å²) in [6.07, 6.45) is 4.57. The van der Waals surface area contributed by atoms with Gasteiger partial charge in [0.25, 0.3) is 5.56 Å². The Bertz CT molecular complexity index is 751. The molecule has 128 valence electrons. The minimum absolute atomic E-state index is 0.0224. The Morgan fingerprint density at radius 3 is 2.83 bits per heavy atom. The molecule has 6 nitrogen and oxygen atoms in total. The molecule has 0 bridgehead atoms. The number of hydrogen-bond donors (Lipinski definition) is 1. The topological polar surface area (TPSA) is 65.1 Å². The summed E-state index contributed by atoms with van der Waals surface area (Å²) in [5, 5.41) is 0. The fraction of sp³-hybridized carbons (Fsp3) is 0.500. The van der Waals surface area contributed by atoms with Crippen molar-refractivity contribution < 1.29 is 0 Å². The summed E-state index contributed by atoms with van der Waals surface area (Å²) in [4.78, 5) is 28.6. The molecule has 0 fully saturated rings. The molecule has 0 unspecified atom stereocenters. The second kappa shape index (κ2) is 7.13. The van der Waals surface area contributed by atoms with Crippen LogP contribution >= 0.6 is 0 Å². The minimum Gasteiger partial charge on any atom is -0.363 e. The molecule has 0 aromatic carbocycles. The molecule has 2 aromatic rings. The highest BCUT2D eigenvalue weighted by molar-refractivity contribution is 5.37. The molecule has 3 heterocycles. The van der Waals surface area contributed by atoms with Gasteiger partial charge in [0.1, 0.15) is 11.6 Å². The fourth-order valence-corrected chi connectivity index (χ4v) is 3.06. The first-order valence-corrected chi connectivity index (χ1v) is 8.52. The van der Waals surface area contributed by atoms with Crippen LogP contribution in [0.4, 0.5) is 5.82 Å². The van der Waals surface area contributed by atoms with Gasteiger partial charge in [0.2, 0.25) is 0 Å². The zero-order valence-corrected chi connectivity index (χ0v) is 14.7. The maximum absolute atomic E-state index is 12.3. The third-order valence-electron chi connectivity index (χ3n) is 4.36. The molecule has 0 saturated carbocycles. The quantitative estimate of drug-likeness (QED) is 0.906. The molecule has 0 atom stereocenters. The van der Waals surface area contributed by atoms with E-state index in [1.807, 2.05) is 31.3 Å². The number of aromatic amines is 1. The number of H-pyrrole nitrogens is 1. The number of rotatable bonds is 5. The van der Waals surface area contributed by atoms with Crippen molar-refractivity contribution in [3.8, 4) is 0 Å². The first kappa shape index (κ1) is 16.6. The fourth-order valence-electron chi connectivity index (χ4n) is 3.06. The van der Waals surface area contributed by atoms with Crippen molar-refractivity contribution >= 4 is 5.82 Å². The molecule has 0 aliphatic carbocycles. The van der Waals surface area contributed by atoms with Gasteiger partial charge >= 0.3 is 0 Å². The summed E-state index contributed by atoms with van der Waals surface area (Å²) < 4.78 is 0.